The Labute approximate surface area is 351 Å². The van der Waals surface area contributed by atoms with Crippen LogP contribution in [0.1, 0.15) is 56.6 Å². The number of alkyl carbamates (subject to hydrolysis) is 2. The Morgan fingerprint density at radius 2 is 1.05 bits per heavy atom. The van der Waals surface area contributed by atoms with Crippen molar-refractivity contribution in [2.45, 2.75) is 90.4 Å². The average molecular weight is 825 g/mol. The molecule has 4 amide bonds. The van der Waals surface area contributed by atoms with Crippen LogP contribution in [0.25, 0.3) is 0 Å². The molecule has 0 bridgehead atoms. The molecule has 2 aromatic heterocycles. The van der Waals surface area contributed by atoms with Gasteiger partial charge in [0.15, 0.2) is 0 Å². The van der Waals surface area contributed by atoms with Crippen LogP contribution in [-0.2, 0) is 59.4 Å². The Bertz CT molecular complexity index is 1920. The van der Waals surface area contributed by atoms with Crippen LogP contribution in [0.2, 0.25) is 0 Å². The van der Waals surface area contributed by atoms with E-state index in [-0.39, 0.29) is 44.5 Å². The average Bonchev–Trinajstić information content (AvgIpc) is 3.24. The third-order valence-corrected chi connectivity index (χ3v) is 9.41. The summed E-state index contributed by atoms with van der Waals surface area (Å²) in [6, 6.07) is 25.7. The fourth-order valence-electron chi connectivity index (χ4n) is 6.35. The number of nitrogens with zero attached hydrogens (tertiary/aromatic N) is 2. The Kier molecular flexibility index (Phi) is 19.0. The molecule has 0 aliphatic carbocycles. The van der Waals surface area contributed by atoms with Crippen LogP contribution >= 0.6 is 0 Å². The molecular formula is C45H56N6O9. The monoisotopic (exact) mass is 824 g/mol. The number of benzene rings is 2. The summed E-state index contributed by atoms with van der Waals surface area (Å²) in [6.07, 6.45) is 1.11. The molecule has 4 N–H and O–H groups in total. The quantitative estimate of drug-likeness (QED) is 0.0610. The zero-order chi connectivity index (χ0) is 43.3. The van der Waals surface area contributed by atoms with E-state index in [0.717, 1.165) is 11.1 Å². The summed E-state index contributed by atoms with van der Waals surface area (Å²) in [5, 5.41) is 11.5. The molecule has 15 nitrogen and oxygen atoms in total. The maximum Gasteiger partial charge on any atom is 0.408 e. The van der Waals surface area contributed by atoms with Crippen LogP contribution in [0.4, 0.5) is 9.59 Å². The second-order valence-electron chi connectivity index (χ2n) is 14.9. The molecule has 2 heterocycles. The molecule has 0 radical (unpaired) electrons. The van der Waals surface area contributed by atoms with Gasteiger partial charge in [0.05, 0.1) is 17.4 Å². The van der Waals surface area contributed by atoms with Gasteiger partial charge in [0, 0.05) is 32.0 Å². The molecule has 0 unspecified atom stereocenters. The highest BCUT2D eigenvalue weighted by Gasteiger charge is 2.35. The number of esters is 1. The maximum absolute atomic E-state index is 14.2. The van der Waals surface area contributed by atoms with Crippen LogP contribution in [0.3, 0.4) is 0 Å². The first-order chi connectivity index (χ1) is 28.9. The summed E-state index contributed by atoms with van der Waals surface area (Å²) in [5.74, 6) is -2.43. The van der Waals surface area contributed by atoms with Crippen molar-refractivity contribution >= 4 is 30.0 Å². The van der Waals surface area contributed by atoms with Gasteiger partial charge in [0.25, 0.3) is 0 Å². The number of methoxy groups -OCH3 is 1. The number of hydrogen-bond donors (Lipinski definition) is 4. The molecule has 0 aliphatic heterocycles. The molecule has 60 heavy (non-hydrogen) atoms. The molecule has 0 aliphatic rings. The van der Waals surface area contributed by atoms with E-state index in [1.807, 2.05) is 60.7 Å². The smallest absolute Gasteiger partial charge is 0.408 e. The Hall–Kier alpha value is -6.35. The Morgan fingerprint density at radius 3 is 1.50 bits per heavy atom. The fourth-order valence-corrected chi connectivity index (χ4v) is 6.35. The lowest BCUT2D eigenvalue weighted by Gasteiger charge is -2.33. The highest BCUT2D eigenvalue weighted by Crippen LogP contribution is 2.19. The molecule has 4 aromatic rings. The van der Waals surface area contributed by atoms with E-state index in [1.54, 1.807) is 76.5 Å². The summed E-state index contributed by atoms with van der Waals surface area (Å²) >= 11 is 0. The van der Waals surface area contributed by atoms with Gasteiger partial charge in [-0.25, -0.2) is 14.4 Å². The Morgan fingerprint density at radius 1 is 0.583 bits per heavy atom. The fraction of sp³-hybridized carbons (Fsp3) is 0.400. The molecule has 0 saturated carbocycles. The van der Waals surface area contributed by atoms with Crippen molar-refractivity contribution in [3.63, 3.8) is 0 Å². The lowest BCUT2D eigenvalue weighted by Crippen LogP contribution is -2.57. The number of carbonyl (C=O) groups is 5. The van der Waals surface area contributed by atoms with Crippen molar-refractivity contribution in [3.8, 4) is 0 Å². The zero-order valence-electron chi connectivity index (χ0n) is 34.7. The van der Waals surface area contributed by atoms with Crippen molar-refractivity contribution in [1.29, 1.82) is 0 Å². The number of ether oxygens (including phenoxy) is 4. The first kappa shape index (κ1) is 46.3. The molecule has 0 fully saturated rings. The van der Waals surface area contributed by atoms with Crippen LogP contribution in [0, 0.1) is 11.8 Å². The Balaban J connectivity index is 1.61. The maximum atomic E-state index is 14.2. The van der Waals surface area contributed by atoms with Crippen LogP contribution in [-0.4, -0.2) is 83.9 Å². The first-order valence-electron chi connectivity index (χ1n) is 19.9. The topological polar surface area (TPSA) is 196 Å². The molecular weight excluding hydrogens is 769 g/mol. The molecule has 0 saturated heterocycles. The van der Waals surface area contributed by atoms with E-state index < -0.39 is 60.2 Å². The van der Waals surface area contributed by atoms with Gasteiger partial charge >= 0.3 is 18.2 Å². The van der Waals surface area contributed by atoms with Crippen molar-refractivity contribution in [3.05, 3.63) is 132 Å². The van der Waals surface area contributed by atoms with E-state index in [1.165, 1.54) is 7.11 Å². The van der Waals surface area contributed by atoms with Crippen LogP contribution in [0.15, 0.2) is 109 Å². The van der Waals surface area contributed by atoms with Crippen LogP contribution < -0.4 is 21.3 Å². The predicted octanol–water partition coefficient (Wildman–Crippen LogP) is 5.08. The number of hydrogen-bond acceptors (Lipinski definition) is 11. The largest absolute Gasteiger partial charge is 0.458 e. The normalized spacial score (nSPS) is 13.5. The molecule has 0 spiro atoms. The highest BCUT2D eigenvalue weighted by atomic mass is 16.6. The highest BCUT2D eigenvalue weighted by molar-refractivity contribution is 5.87. The van der Waals surface area contributed by atoms with Gasteiger partial charge < -0.3 is 40.2 Å². The molecule has 320 valence electrons. The van der Waals surface area contributed by atoms with Gasteiger partial charge in [-0.3, -0.25) is 19.6 Å². The number of pyridine rings is 2. The number of carbonyl (C=O) groups excluding carboxylic acids is 5. The summed E-state index contributed by atoms with van der Waals surface area (Å²) in [6.45, 7) is 6.61. The molecule has 4 rings (SSSR count). The predicted molar refractivity (Wildman–Crippen MR) is 223 cm³/mol. The van der Waals surface area contributed by atoms with Gasteiger partial charge in [0.1, 0.15) is 38.0 Å². The summed E-state index contributed by atoms with van der Waals surface area (Å²) in [5.41, 5.74) is 2.79. The SMILES string of the molecule is COCC(=O)O[C@@H](C[C@H](Cc1ccccc1)NC(=O)[C@@H](NC(=O)OCc1ccccn1)C(C)C)[C@H](Cc1ccccc1)NC(=O)[C@@H](NC(=O)OCc1ccccn1)C(C)C. The second kappa shape index (κ2) is 24.5. The molecule has 2 aromatic carbocycles. The summed E-state index contributed by atoms with van der Waals surface area (Å²) in [4.78, 5) is 75.7. The van der Waals surface area contributed by atoms with Crippen molar-refractivity contribution < 1.29 is 42.9 Å². The number of amides is 4. The van der Waals surface area contributed by atoms with E-state index in [0.29, 0.717) is 17.8 Å². The third kappa shape index (κ3) is 16.1. The van der Waals surface area contributed by atoms with Crippen molar-refractivity contribution in [2.24, 2.45) is 11.8 Å². The molecule has 5 atom stereocenters. The lowest BCUT2D eigenvalue weighted by molar-refractivity contribution is -0.156. The van der Waals surface area contributed by atoms with Crippen molar-refractivity contribution in [2.75, 3.05) is 13.7 Å². The van der Waals surface area contributed by atoms with Gasteiger partial charge in [-0.05, 0) is 60.1 Å². The second-order valence-corrected chi connectivity index (χ2v) is 14.9. The summed E-state index contributed by atoms with van der Waals surface area (Å²) < 4.78 is 21.9. The van der Waals surface area contributed by atoms with Gasteiger partial charge in [-0.1, -0.05) is 100 Å². The van der Waals surface area contributed by atoms with Gasteiger partial charge in [-0.15, -0.1) is 0 Å². The first-order valence-corrected chi connectivity index (χ1v) is 19.9. The standard InChI is InChI=1S/C45H56N6O9/c1-30(2)40(50-44(55)58-27-34-20-12-14-22-46-34)42(53)48-36(24-32-16-8-6-9-17-32)26-38(60-39(52)29-57-5)37(25-33-18-10-7-11-19-33)49-43(54)41(31(3)4)51-45(56)59-28-35-21-13-15-23-47-35/h6-23,30-31,36-38,40-41H,24-29H2,1-5H3,(H,48,53)(H,49,54)(H,50,55)(H,51,56)/t36-,37-,38-,40-,41-/m0/s1. The van der Waals surface area contributed by atoms with E-state index in [2.05, 4.69) is 31.2 Å². The van der Waals surface area contributed by atoms with Gasteiger partial charge in [-0.2, -0.15) is 0 Å². The van der Waals surface area contributed by atoms with E-state index >= 15 is 0 Å². The number of rotatable bonds is 22. The minimum absolute atomic E-state index is 0.0364. The van der Waals surface area contributed by atoms with E-state index in [4.69, 9.17) is 18.9 Å². The van der Waals surface area contributed by atoms with Crippen molar-refractivity contribution in [1.82, 2.24) is 31.2 Å². The minimum Gasteiger partial charge on any atom is -0.458 e. The minimum atomic E-state index is -1.04. The van der Waals surface area contributed by atoms with Gasteiger partial charge in [0.2, 0.25) is 11.8 Å². The lowest BCUT2D eigenvalue weighted by atomic mass is 9.92. The molecule has 15 heteroatoms. The van der Waals surface area contributed by atoms with Crippen LogP contribution in [0.5, 0.6) is 0 Å². The number of nitrogens with one attached hydrogen (secondary N) is 4. The summed E-state index contributed by atoms with van der Waals surface area (Å²) in [7, 11) is 1.37. The van der Waals surface area contributed by atoms with E-state index in [9.17, 15) is 24.0 Å². The number of aromatic nitrogens is 2. The third-order valence-electron chi connectivity index (χ3n) is 9.41. The zero-order valence-corrected chi connectivity index (χ0v) is 34.7.